The van der Waals surface area contributed by atoms with E-state index in [-0.39, 0.29) is 11.3 Å². The molecule has 2 rings (SSSR count). The van der Waals surface area contributed by atoms with Crippen LogP contribution in [0.25, 0.3) is 0 Å². The molecule has 1 aromatic carbocycles. The lowest BCUT2D eigenvalue weighted by Crippen LogP contribution is -2.18. The molecule has 0 radical (unpaired) electrons. The van der Waals surface area contributed by atoms with Crippen molar-refractivity contribution in [2.45, 2.75) is 13.5 Å². The number of carbonyl (C=O) groups is 2. The van der Waals surface area contributed by atoms with Crippen molar-refractivity contribution >= 4 is 45.1 Å². The summed E-state index contributed by atoms with van der Waals surface area (Å²) in [5.74, 6) is -1.53. The summed E-state index contributed by atoms with van der Waals surface area (Å²) in [5, 5.41) is 12.1. The second-order valence-corrected chi connectivity index (χ2v) is 5.63. The largest absolute Gasteiger partial charge is 0.478 e. The predicted octanol–water partition coefficient (Wildman–Crippen LogP) is 3.87. The first-order chi connectivity index (χ1) is 9.92. The number of rotatable bonds is 4. The van der Waals surface area contributed by atoms with Gasteiger partial charge in [0.15, 0.2) is 0 Å². The van der Waals surface area contributed by atoms with Gasteiger partial charge in [-0.1, -0.05) is 11.6 Å². The van der Waals surface area contributed by atoms with Crippen molar-refractivity contribution in [2.24, 2.45) is 0 Å². The molecule has 21 heavy (non-hydrogen) atoms. The number of aromatic carboxylic acids is 1. The van der Waals surface area contributed by atoms with Gasteiger partial charge >= 0.3 is 5.97 Å². The Labute approximate surface area is 134 Å². The molecule has 2 aromatic rings. The fraction of sp³-hybridized carbons (Fsp3) is 0.143. The minimum absolute atomic E-state index is 0.0126. The lowest BCUT2D eigenvalue weighted by atomic mass is 10.1. The lowest BCUT2D eigenvalue weighted by molar-refractivity contribution is 0.0698. The van der Waals surface area contributed by atoms with Gasteiger partial charge in [-0.25, -0.2) is 4.79 Å². The zero-order valence-electron chi connectivity index (χ0n) is 11.1. The summed E-state index contributed by atoms with van der Waals surface area (Å²) >= 11 is 9.17. The standard InChI is InChI=1S/C14H12BrClN2O3/c1-2-18-7-8(15)5-12(18)13(19)17-11-6-9(16)3-4-10(11)14(20)21/h3-7H,2H2,1H3,(H,17,19)(H,20,21). The van der Waals surface area contributed by atoms with E-state index >= 15 is 0 Å². The highest BCUT2D eigenvalue weighted by Gasteiger charge is 2.17. The average molecular weight is 372 g/mol. The third kappa shape index (κ3) is 3.46. The van der Waals surface area contributed by atoms with E-state index in [1.165, 1.54) is 18.2 Å². The quantitative estimate of drug-likeness (QED) is 0.857. The summed E-state index contributed by atoms with van der Waals surface area (Å²) in [7, 11) is 0. The van der Waals surface area contributed by atoms with E-state index in [4.69, 9.17) is 16.7 Å². The molecule has 0 aliphatic carbocycles. The minimum atomic E-state index is -1.13. The molecule has 0 unspecified atom stereocenters. The number of anilines is 1. The van der Waals surface area contributed by atoms with Crippen LogP contribution in [0.3, 0.4) is 0 Å². The number of hydrogen-bond donors (Lipinski definition) is 2. The fourth-order valence-corrected chi connectivity index (χ4v) is 2.56. The van der Waals surface area contributed by atoms with Gasteiger partial charge in [0.2, 0.25) is 0 Å². The molecule has 0 saturated carbocycles. The molecule has 1 aromatic heterocycles. The summed E-state index contributed by atoms with van der Waals surface area (Å²) in [6, 6.07) is 5.90. The van der Waals surface area contributed by atoms with E-state index in [1.54, 1.807) is 16.8 Å². The average Bonchev–Trinajstić information content (AvgIpc) is 2.79. The number of nitrogens with zero attached hydrogens (tertiary/aromatic N) is 1. The van der Waals surface area contributed by atoms with Crippen molar-refractivity contribution in [3.63, 3.8) is 0 Å². The van der Waals surface area contributed by atoms with Crippen LogP contribution in [-0.2, 0) is 6.54 Å². The van der Waals surface area contributed by atoms with Crippen LogP contribution < -0.4 is 5.32 Å². The molecule has 0 fully saturated rings. The van der Waals surface area contributed by atoms with Crippen molar-refractivity contribution in [3.05, 3.63) is 51.2 Å². The highest BCUT2D eigenvalue weighted by molar-refractivity contribution is 9.10. The van der Waals surface area contributed by atoms with Gasteiger partial charge in [0.1, 0.15) is 5.69 Å². The number of aryl methyl sites for hydroxylation is 1. The van der Waals surface area contributed by atoms with Gasteiger partial charge in [0, 0.05) is 22.2 Å². The molecule has 0 atom stereocenters. The maximum Gasteiger partial charge on any atom is 0.337 e. The molecule has 110 valence electrons. The molecule has 1 heterocycles. The number of carboxylic acid groups (broad SMARTS) is 1. The van der Waals surface area contributed by atoms with Crippen molar-refractivity contribution in [1.82, 2.24) is 4.57 Å². The van der Waals surface area contributed by atoms with E-state index in [0.29, 0.717) is 17.3 Å². The fourth-order valence-electron chi connectivity index (χ4n) is 1.92. The zero-order chi connectivity index (χ0) is 15.6. The number of aromatic nitrogens is 1. The highest BCUT2D eigenvalue weighted by atomic mass is 79.9. The van der Waals surface area contributed by atoms with Crippen LogP contribution in [0.1, 0.15) is 27.8 Å². The number of amides is 1. The van der Waals surface area contributed by atoms with Crippen molar-refractivity contribution < 1.29 is 14.7 Å². The SMILES string of the molecule is CCn1cc(Br)cc1C(=O)Nc1cc(Cl)ccc1C(=O)O. The summed E-state index contributed by atoms with van der Waals surface area (Å²) in [6.07, 6.45) is 1.78. The van der Waals surface area contributed by atoms with E-state index in [0.717, 1.165) is 4.47 Å². The van der Waals surface area contributed by atoms with Crippen LogP contribution in [0.15, 0.2) is 34.9 Å². The Hall–Kier alpha value is -1.79. The van der Waals surface area contributed by atoms with Gasteiger partial charge in [-0.05, 0) is 47.1 Å². The minimum Gasteiger partial charge on any atom is -0.478 e. The molecule has 0 saturated heterocycles. The molecule has 0 bridgehead atoms. The van der Waals surface area contributed by atoms with Crippen LogP contribution in [0, 0.1) is 0 Å². The van der Waals surface area contributed by atoms with Crippen molar-refractivity contribution in [3.8, 4) is 0 Å². The maximum atomic E-state index is 12.3. The number of nitrogens with one attached hydrogen (secondary N) is 1. The van der Waals surface area contributed by atoms with Gasteiger partial charge in [-0.3, -0.25) is 4.79 Å². The summed E-state index contributed by atoms with van der Waals surface area (Å²) in [6.45, 7) is 2.53. The topological polar surface area (TPSA) is 71.3 Å². The molecule has 0 spiro atoms. The normalized spacial score (nSPS) is 10.4. The Morgan fingerprint density at radius 1 is 1.38 bits per heavy atom. The van der Waals surface area contributed by atoms with Gasteiger partial charge in [-0.2, -0.15) is 0 Å². The maximum absolute atomic E-state index is 12.3. The third-order valence-electron chi connectivity index (χ3n) is 2.90. The number of carbonyl (C=O) groups excluding carboxylic acids is 1. The zero-order valence-corrected chi connectivity index (χ0v) is 13.4. The van der Waals surface area contributed by atoms with Crippen LogP contribution in [0.2, 0.25) is 5.02 Å². The molecule has 7 heteroatoms. The summed E-state index contributed by atoms with van der Waals surface area (Å²) in [5.41, 5.74) is 0.585. The Balaban J connectivity index is 2.35. The molecule has 2 N–H and O–H groups in total. The molecular weight excluding hydrogens is 360 g/mol. The number of carboxylic acids is 1. The van der Waals surface area contributed by atoms with E-state index < -0.39 is 11.9 Å². The third-order valence-corrected chi connectivity index (χ3v) is 3.57. The van der Waals surface area contributed by atoms with Gasteiger partial charge in [-0.15, -0.1) is 0 Å². The second-order valence-electron chi connectivity index (χ2n) is 4.28. The molecule has 1 amide bonds. The Morgan fingerprint density at radius 2 is 2.10 bits per heavy atom. The smallest absolute Gasteiger partial charge is 0.337 e. The first-order valence-corrected chi connectivity index (χ1v) is 7.29. The van der Waals surface area contributed by atoms with Crippen LogP contribution >= 0.6 is 27.5 Å². The Morgan fingerprint density at radius 3 is 2.71 bits per heavy atom. The number of benzene rings is 1. The lowest BCUT2D eigenvalue weighted by Gasteiger charge is -2.10. The van der Waals surface area contributed by atoms with Crippen LogP contribution in [0.4, 0.5) is 5.69 Å². The van der Waals surface area contributed by atoms with Gasteiger partial charge < -0.3 is 15.0 Å². The molecule has 0 aliphatic rings. The van der Waals surface area contributed by atoms with Crippen LogP contribution in [0.5, 0.6) is 0 Å². The Kier molecular flexibility index (Phi) is 4.69. The van der Waals surface area contributed by atoms with Crippen LogP contribution in [-0.4, -0.2) is 21.6 Å². The monoisotopic (exact) mass is 370 g/mol. The van der Waals surface area contributed by atoms with Gasteiger partial charge in [0.25, 0.3) is 5.91 Å². The first-order valence-electron chi connectivity index (χ1n) is 6.12. The molecular formula is C14H12BrClN2O3. The van der Waals surface area contributed by atoms with Gasteiger partial charge in [0.05, 0.1) is 11.3 Å². The molecule has 5 nitrogen and oxygen atoms in total. The first kappa shape index (κ1) is 15.6. The number of halogens is 2. The molecule has 0 aliphatic heterocycles. The summed E-state index contributed by atoms with van der Waals surface area (Å²) < 4.78 is 2.53. The number of hydrogen-bond acceptors (Lipinski definition) is 2. The van der Waals surface area contributed by atoms with E-state index in [2.05, 4.69) is 21.2 Å². The predicted molar refractivity (Wildman–Crippen MR) is 84.2 cm³/mol. The van der Waals surface area contributed by atoms with Crippen molar-refractivity contribution in [2.75, 3.05) is 5.32 Å². The Bertz CT molecular complexity index is 712. The van der Waals surface area contributed by atoms with E-state index in [1.807, 2.05) is 6.92 Å². The second kappa shape index (κ2) is 6.32. The highest BCUT2D eigenvalue weighted by Crippen LogP contribution is 2.23. The van der Waals surface area contributed by atoms with E-state index in [9.17, 15) is 9.59 Å². The van der Waals surface area contributed by atoms with Crippen molar-refractivity contribution in [1.29, 1.82) is 0 Å². The summed E-state index contributed by atoms with van der Waals surface area (Å²) in [4.78, 5) is 23.5.